The molecule has 0 spiro atoms. The van der Waals surface area contributed by atoms with Crippen LogP contribution >= 0.6 is 0 Å². The van der Waals surface area contributed by atoms with E-state index in [0.717, 1.165) is 16.7 Å². The minimum atomic E-state index is -4.69. The number of carbonyl (C=O) groups excluding carboxylic acids is 2. The summed E-state index contributed by atoms with van der Waals surface area (Å²) in [5.74, 6) is 4.81. The molecule has 3 aliphatic heterocycles. The molecule has 22 heteroatoms. The largest absolute Gasteiger partial charge is 0.356 e. The molecular weight excluding hydrogens is 1030 g/mol. The minimum absolute atomic E-state index is 0.0143. The first-order valence-electron chi connectivity index (χ1n) is 23.9. The van der Waals surface area contributed by atoms with Crippen molar-refractivity contribution in [3.8, 4) is 11.8 Å². The summed E-state index contributed by atoms with van der Waals surface area (Å²) in [4.78, 5) is 29.6. The first kappa shape index (κ1) is 55.7. The number of nitrogens with one attached hydrogen (secondary N) is 1. The third kappa shape index (κ3) is 13.1. The summed E-state index contributed by atoms with van der Waals surface area (Å²) in [6.45, 7) is 6.07. The molecule has 0 saturated heterocycles. The Labute approximate surface area is 432 Å². The van der Waals surface area contributed by atoms with Gasteiger partial charge in [0, 0.05) is 78.0 Å². The summed E-state index contributed by atoms with van der Waals surface area (Å²) in [6.07, 6.45) is 7.24. The Morgan fingerprint density at radius 1 is 0.703 bits per heavy atom. The third-order valence-electron chi connectivity index (χ3n) is 13.7. The number of amides is 2. The number of hydrogen-bond acceptors (Lipinski definition) is 11. The molecular formula is C52H59N4O14S4+. The minimum Gasteiger partial charge on any atom is -0.356 e. The molecule has 0 saturated carbocycles. The van der Waals surface area contributed by atoms with E-state index in [1.807, 2.05) is 74.2 Å². The maximum absolute atomic E-state index is 13.7. The van der Waals surface area contributed by atoms with E-state index < -0.39 is 62.8 Å². The van der Waals surface area contributed by atoms with E-state index in [-0.39, 0.29) is 66.9 Å². The Bertz CT molecular complexity index is 3510. The molecule has 1 unspecified atom stereocenters. The number of benzene rings is 4. The zero-order chi connectivity index (χ0) is 53.9. The van der Waals surface area contributed by atoms with Crippen molar-refractivity contribution in [2.24, 2.45) is 0 Å². The Hall–Kier alpha value is -6.03. The van der Waals surface area contributed by atoms with Gasteiger partial charge in [0.05, 0.1) is 38.9 Å². The van der Waals surface area contributed by atoms with Gasteiger partial charge in [-0.25, -0.2) is 0 Å². The van der Waals surface area contributed by atoms with E-state index >= 15 is 0 Å². The molecule has 3 aliphatic rings. The van der Waals surface area contributed by atoms with Gasteiger partial charge in [0.2, 0.25) is 17.5 Å². The molecule has 7 rings (SSSR count). The second-order valence-corrected chi connectivity index (χ2v) is 25.2. The number of rotatable bonds is 21. The van der Waals surface area contributed by atoms with Gasteiger partial charge in [0.1, 0.15) is 6.54 Å². The van der Waals surface area contributed by atoms with Crippen LogP contribution in [0.3, 0.4) is 0 Å². The molecule has 74 heavy (non-hydrogen) atoms. The van der Waals surface area contributed by atoms with E-state index in [1.165, 1.54) is 36.4 Å². The van der Waals surface area contributed by atoms with Crippen LogP contribution in [0.25, 0.3) is 0 Å². The van der Waals surface area contributed by atoms with Gasteiger partial charge in [-0.3, -0.25) is 27.8 Å². The number of unbranched alkanes of at least 4 members (excludes halogenated alkanes) is 2. The van der Waals surface area contributed by atoms with E-state index in [9.17, 15) is 61.5 Å². The van der Waals surface area contributed by atoms with Gasteiger partial charge >= 0.3 is 0 Å². The van der Waals surface area contributed by atoms with E-state index in [0.29, 0.717) is 71.8 Å². The van der Waals surface area contributed by atoms with Crippen LogP contribution < -0.4 is 15.1 Å². The van der Waals surface area contributed by atoms with Crippen LogP contribution in [-0.2, 0) is 67.4 Å². The number of carbonyl (C=O) groups is 2. The fourth-order valence-corrected chi connectivity index (χ4v) is 12.0. The summed E-state index contributed by atoms with van der Waals surface area (Å²) < 4.78 is 138. The fraction of sp³-hybridized carbons (Fsp3) is 0.365. The maximum Gasteiger partial charge on any atom is 0.294 e. The Kier molecular flexibility index (Phi) is 16.6. The highest BCUT2D eigenvalue weighted by Gasteiger charge is 2.46. The van der Waals surface area contributed by atoms with Crippen molar-refractivity contribution in [3.63, 3.8) is 0 Å². The average Bonchev–Trinajstić information content (AvgIpc) is 3.66. The van der Waals surface area contributed by atoms with Gasteiger partial charge in [-0.2, -0.15) is 38.2 Å². The lowest BCUT2D eigenvalue weighted by Crippen LogP contribution is -2.35. The molecule has 3 heterocycles. The lowest BCUT2D eigenvalue weighted by atomic mass is 9.77. The van der Waals surface area contributed by atoms with Gasteiger partial charge in [-0.1, -0.05) is 61.1 Å². The number of anilines is 2. The number of fused-ring (bicyclic) bond motifs is 4. The highest BCUT2D eigenvalue weighted by atomic mass is 32.2. The summed E-state index contributed by atoms with van der Waals surface area (Å²) in [5, 5.41) is 2.87. The SMILES string of the molecule is CC1(C)C(C=CC=C2N(CCCS(=O)(=O)O)c3ccc(S(=O)(=O)O)cc3C2(C)CCCCCC(=O)NCCC(=O)N2Cc3ccccc3C#Cc3ccccc32)=[N+](CCCS(=O)(=O)O)c2ccc(S(=O)(=O)O)cc21. The monoisotopic (exact) mass is 1090 g/mol. The first-order valence-corrected chi connectivity index (χ1v) is 30.0. The zero-order valence-corrected chi connectivity index (χ0v) is 44.3. The normalized spacial score (nSPS) is 17.8. The van der Waals surface area contributed by atoms with Gasteiger partial charge in [-0.05, 0) is 106 Å². The Morgan fingerprint density at radius 2 is 1.32 bits per heavy atom. The summed E-state index contributed by atoms with van der Waals surface area (Å²) in [6, 6.07) is 23.2. The maximum atomic E-state index is 13.7. The van der Waals surface area contributed by atoms with Crippen LogP contribution in [0, 0.1) is 11.8 Å². The summed E-state index contributed by atoms with van der Waals surface area (Å²) in [5.41, 5.74) is 4.45. The Balaban J connectivity index is 1.11. The van der Waals surface area contributed by atoms with Crippen LogP contribution in [0.5, 0.6) is 0 Å². The third-order valence-corrected chi connectivity index (χ3v) is 17.0. The van der Waals surface area contributed by atoms with Crippen molar-refractivity contribution in [1.29, 1.82) is 0 Å². The van der Waals surface area contributed by atoms with Crippen molar-refractivity contribution in [2.75, 3.05) is 40.9 Å². The molecule has 4 aromatic rings. The number of allylic oxidation sites excluding steroid dienone is 4. The van der Waals surface area contributed by atoms with Gasteiger partial charge < -0.3 is 15.1 Å². The zero-order valence-electron chi connectivity index (χ0n) is 41.1. The predicted molar refractivity (Wildman–Crippen MR) is 280 cm³/mol. The topological polar surface area (TPSA) is 273 Å². The highest BCUT2D eigenvalue weighted by Crippen LogP contribution is 2.52. The number of para-hydroxylation sites is 1. The predicted octanol–water partition coefficient (Wildman–Crippen LogP) is 6.73. The molecule has 0 bridgehead atoms. The van der Waals surface area contributed by atoms with Crippen molar-refractivity contribution >= 4 is 75.1 Å². The Morgan fingerprint density at radius 3 is 2.01 bits per heavy atom. The second-order valence-electron chi connectivity index (χ2n) is 19.2. The molecule has 394 valence electrons. The van der Waals surface area contributed by atoms with E-state index in [4.69, 9.17) is 0 Å². The lowest BCUT2D eigenvalue weighted by molar-refractivity contribution is -0.437. The van der Waals surface area contributed by atoms with Crippen molar-refractivity contribution in [3.05, 3.63) is 137 Å². The van der Waals surface area contributed by atoms with Crippen LogP contribution in [-0.4, -0.2) is 105 Å². The highest BCUT2D eigenvalue weighted by molar-refractivity contribution is 7.86. The van der Waals surface area contributed by atoms with E-state index in [1.54, 1.807) is 27.7 Å². The number of hydrogen-bond donors (Lipinski definition) is 5. The first-order chi connectivity index (χ1) is 34.7. The molecule has 0 aromatic heterocycles. The molecule has 18 nitrogen and oxygen atoms in total. The van der Waals surface area contributed by atoms with Gasteiger partial charge in [-0.15, -0.1) is 0 Å². The molecule has 0 radical (unpaired) electrons. The molecule has 5 N–H and O–H groups in total. The molecule has 0 fully saturated rings. The molecule has 1 atom stereocenters. The van der Waals surface area contributed by atoms with Gasteiger partial charge in [0.25, 0.3) is 40.5 Å². The molecule has 0 aliphatic carbocycles. The lowest BCUT2D eigenvalue weighted by Gasteiger charge is -2.30. The molecule has 2 amide bonds. The fourth-order valence-electron chi connectivity index (χ4n) is 9.97. The molecule has 4 aromatic carbocycles. The quantitative estimate of drug-likeness (QED) is 0.0250. The van der Waals surface area contributed by atoms with Crippen LogP contribution in [0.4, 0.5) is 17.1 Å². The average molecular weight is 1090 g/mol. The van der Waals surface area contributed by atoms with Crippen molar-refractivity contribution in [1.82, 2.24) is 5.32 Å². The van der Waals surface area contributed by atoms with E-state index in [2.05, 4.69) is 17.2 Å². The van der Waals surface area contributed by atoms with Crippen LogP contribution in [0.15, 0.2) is 119 Å². The summed E-state index contributed by atoms with van der Waals surface area (Å²) >= 11 is 0. The smallest absolute Gasteiger partial charge is 0.294 e. The van der Waals surface area contributed by atoms with Crippen LogP contribution in [0.2, 0.25) is 0 Å². The number of nitrogens with zero attached hydrogens (tertiary/aromatic N) is 3. The standard InChI is InChI=1S/C52H58N4O14S4/c1-51(2)42-34-40(73(65,66)67)23-25-45(42)54(30-12-32-71(59,60)61)47(51)18-11-19-48-52(3,43-35-41(74(68,69)70)24-26-46(43)55(48)31-13-33-72(62,63)64)28-10-4-5-20-49(57)53-29-27-50(58)56-36-39-16-7-6-14-37(39)21-22-38-15-8-9-17-44(38)56/h6-9,11,14-19,23-26,34-35H,4-5,10,12-13,20,27-33,36H2,1-3H3,(H4-,53,57,59,60,61,62,63,64,65,66,67,68,69,70)/p+1. The summed E-state index contributed by atoms with van der Waals surface area (Å²) in [7, 11) is -18.0. The van der Waals surface area contributed by atoms with Gasteiger partial charge in [0.15, 0.2) is 5.71 Å². The van der Waals surface area contributed by atoms with Crippen molar-refractivity contribution in [2.45, 2.75) is 99.3 Å². The van der Waals surface area contributed by atoms with Crippen molar-refractivity contribution < 1.29 is 66.0 Å². The van der Waals surface area contributed by atoms with Crippen LogP contribution in [0.1, 0.15) is 100.0 Å². The second kappa shape index (κ2) is 22.0.